The number of halogens is 1. The number of nitrogens with zero attached hydrogens (tertiary/aromatic N) is 3. The zero-order chi connectivity index (χ0) is 16.5. The Morgan fingerprint density at radius 3 is 2.88 bits per heavy atom. The number of anilines is 4. The minimum absolute atomic E-state index is 0.293. The summed E-state index contributed by atoms with van der Waals surface area (Å²) in [6, 6.07) is 16.9. The number of fused-ring (bicyclic) bond motifs is 1. The molecule has 24 heavy (non-hydrogen) atoms. The normalized spacial score (nSPS) is 16.1. The Morgan fingerprint density at radius 2 is 2.00 bits per heavy atom. The van der Waals surface area contributed by atoms with Crippen molar-refractivity contribution in [2.45, 2.75) is 19.4 Å². The molecule has 1 atom stereocenters. The van der Waals surface area contributed by atoms with E-state index in [0.29, 0.717) is 17.7 Å². The maximum absolute atomic E-state index is 13.3. The predicted octanol–water partition coefficient (Wildman–Crippen LogP) is 4.44. The van der Waals surface area contributed by atoms with Crippen LogP contribution in [0.3, 0.4) is 0 Å². The predicted molar refractivity (Wildman–Crippen MR) is 93.5 cm³/mol. The van der Waals surface area contributed by atoms with Crippen LogP contribution in [0.4, 0.5) is 27.5 Å². The third-order valence-corrected chi connectivity index (χ3v) is 4.18. The third kappa shape index (κ3) is 2.69. The highest BCUT2D eigenvalue weighted by Gasteiger charge is 2.27. The smallest absolute Gasteiger partial charge is 0.229 e. The van der Waals surface area contributed by atoms with Crippen molar-refractivity contribution in [2.75, 3.05) is 10.2 Å². The van der Waals surface area contributed by atoms with E-state index in [1.165, 1.54) is 23.4 Å². The molecule has 0 bridgehead atoms. The Hall–Kier alpha value is -2.95. The van der Waals surface area contributed by atoms with E-state index in [9.17, 15) is 4.39 Å². The van der Waals surface area contributed by atoms with Crippen LogP contribution in [-0.4, -0.2) is 16.0 Å². The van der Waals surface area contributed by atoms with Gasteiger partial charge in [0, 0.05) is 23.6 Å². The summed E-state index contributed by atoms with van der Waals surface area (Å²) in [5.41, 5.74) is 3.13. The molecule has 120 valence electrons. The zero-order valence-corrected chi connectivity index (χ0v) is 13.3. The molecule has 0 aliphatic carbocycles. The van der Waals surface area contributed by atoms with Gasteiger partial charge in [0.1, 0.15) is 11.6 Å². The molecule has 0 amide bonds. The summed E-state index contributed by atoms with van der Waals surface area (Å²) < 4.78 is 13.3. The molecule has 1 aromatic heterocycles. The second-order valence-corrected chi connectivity index (χ2v) is 5.93. The summed E-state index contributed by atoms with van der Waals surface area (Å²) in [7, 11) is 0. The molecule has 3 aromatic rings. The average Bonchev–Trinajstić information content (AvgIpc) is 2.91. The van der Waals surface area contributed by atoms with Crippen molar-refractivity contribution < 1.29 is 4.39 Å². The number of aromatic nitrogens is 2. The van der Waals surface area contributed by atoms with Gasteiger partial charge in [-0.2, -0.15) is 4.98 Å². The number of nitrogens with one attached hydrogen (secondary N) is 1. The molecular formula is C19H17FN4. The Kier molecular flexibility index (Phi) is 3.61. The number of rotatable bonds is 3. The third-order valence-electron chi connectivity index (χ3n) is 4.18. The summed E-state index contributed by atoms with van der Waals surface area (Å²) in [6.07, 6.45) is 2.71. The summed E-state index contributed by atoms with van der Waals surface area (Å²) >= 11 is 0. The van der Waals surface area contributed by atoms with Gasteiger partial charge in [0.25, 0.3) is 0 Å². The number of hydrogen-bond acceptors (Lipinski definition) is 4. The lowest BCUT2D eigenvalue weighted by atomic mass is 10.1. The molecule has 2 aromatic carbocycles. The first-order valence-electron chi connectivity index (χ1n) is 7.93. The second kappa shape index (κ2) is 5.92. The number of benzene rings is 2. The molecule has 1 unspecified atom stereocenters. The molecule has 5 heteroatoms. The van der Waals surface area contributed by atoms with Crippen molar-refractivity contribution >= 4 is 23.1 Å². The fourth-order valence-corrected chi connectivity index (χ4v) is 3.15. The van der Waals surface area contributed by atoms with E-state index in [2.05, 4.69) is 45.3 Å². The number of para-hydroxylation sites is 1. The van der Waals surface area contributed by atoms with Crippen molar-refractivity contribution in [3.8, 4) is 0 Å². The van der Waals surface area contributed by atoms with Gasteiger partial charge >= 0.3 is 0 Å². The minimum atomic E-state index is -0.293. The lowest BCUT2D eigenvalue weighted by Crippen LogP contribution is -2.25. The Bertz CT molecular complexity index is 881. The quantitative estimate of drug-likeness (QED) is 0.774. The maximum Gasteiger partial charge on any atom is 0.229 e. The summed E-state index contributed by atoms with van der Waals surface area (Å²) in [5.74, 6) is 0.995. The molecule has 0 radical (unpaired) electrons. The van der Waals surface area contributed by atoms with Crippen molar-refractivity contribution in [2.24, 2.45) is 0 Å². The van der Waals surface area contributed by atoms with Crippen molar-refractivity contribution in [1.82, 2.24) is 9.97 Å². The minimum Gasteiger partial charge on any atom is -0.324 e. The molecule has 1 N–H and O–H groups in total. The van der Waals surface area contributed by atoms with Crippen LogP contribution < -0.4 is 10.2 Å². The van der Waals surface area contributed by atoms with Crippen LogP contribution in [0.2, 0.25) is 0 Å². The van der Waals surface area contributed by atoms with Gasteiger partial charge in [-0.1, -0.05) is 24.3 Å². The van der Waals surface area contributed by atoms with Crippen LogP contribution in [0, 0.1) is 5.82 Å². The monoisotopic (exact) mass is 320 g/mol. The Balaban J connectivity index is 1.66. The van der Waals surface area contributed by atoms with Gasteiger partial charge in [-0.15, -0.1) is 0 Å². The molecule has 0 spiro atoms. The van der Waals surface area contributed by atoms with E-state index >= 15 is 0 Å². The van der Waals surface area contributed by atoms with Crippen LogP contribution in [0.15, 0.2) is 60.8 Å². The molecule has 0 fully saturated rings. The van der Waals surface area contributed by atoms with E-state index in [1.54, 1.807) is 18.3 Å². The van der Waals surface area contributed by atoms with Crippen LogP contribution >= 0.6 is 0 Å². The molecule has 0 saturated carbocycles. The molecule has 4 nitrogen and oxygen atoms in total. The van der Waals surface area contributed by atoms with Gasteiger partial charge in [0.2, 0.25) is 5.95 Å². The van der Waals surface area contributed by atoms with Gasteiger partial charge in [-0.3, -0.25) is 0 Å². The average molecular weight is 320 g/mol. The van der Waals surface area contributed by atoms with Crippen LogP contribution in [0.25, 0.3) is 0 Å². The molecule has 2 heterocycles. The Morgan fingerprint density at radius 1 is 1.12 bits per heavy atom. The first-order chi connectivity index (χ1) is 11.7. The van der Waals surface area contributed by atoms with E-state index in [4.69, 9.17) is 0 Å². The van der Waals surface area contributed by atoms with Gasteiger partial charge in [-0.25, -0.2) is 9.37 Å². The van der Waals surface area contributed by atoms with E-state index in [1.807, 2.05) is 12.1 Å². The van der Waals surface area contributed by atoms with Gasteiger partial charge in [0.15, 0.2) is 0 Å². The first-order valence-corrected chi connectivity index (χ1v) is 7.93. The maximum atomic E-state index is 13.3. The largest absolute Gasteiger partial charge is 0.324 e. The standard InChI is InChI=1S/C19H17FN4/c1-13-11-14-5-2-3-8-17(14)24(13)18-9-10-21-19(23-18)22-16-7-4-6-15(20)12-16/h2-10,12-13H,11H2,1H3,(H,21,22,23). The highest BCUT2D eigenvalue weighted by molar-refractivity contribution is 5.69. The van der Waals surface area contributed by atoms with Crippen molar-refractivity contribution in [3.05, 3.63) is 72.2 Å². The van der Waals surface area contributed by atoms with Crippen molar-refractivity contribution in [1.29, 1.82) is 0 Å². The molecular weight excluding hydrogens is 303 g/mol. The summed E-state index contributed by atoms with van der Waals surface area (Å²) in [6.45, 7) is 2.18. The number of hydrogen-bond donors (Lipinski definition) is 1. The lowest BCUT2D eigenvalue weighted by Gasteiger charge is -2.24. The first kappa shape index (κ1) is 14.6. The highest BCUT2D eigenvalue weighted by atomic mass is 19.1. The fourth-order valence-electron chi connectivity index (χ4n) is 3.15. The molecule has 0 saturated heterocycles. The van der Waals surface area contributed by atoms with Crippen LogP contribution in [0.1, 0.15) is 12.5 Å². The van der Waals surface area contributed by atoms with Gasteiger partial charge in [-0.05, 0) is 49.2 Å². The van der Waals surface area contributed by atoms with Crippen molar-refractivity contribution in [3.63, 3.8) is 0 Å². The highest BCUT2D eigenvalue weighted by Crippen LogP contribution is 2.37. The lowest BCUT2D eigenvalue weighted by molar-refractivity contribution is 0.628. The topological polar surface area (TPSA) is 41.1 Å². The van der Waals surface area contributed by atoms with E-state index < -0.39 is 0 Å². The zero-order valence-electron chi connectivity index (χ0n) is 13.3. The molecule has 4 rings (SSSR count). The second-order valence-electron chi connectivity index (χ2n) is 5.93. The Labute approximate surface area is 140 Å². The van der Waals surface area contributed by atoms with Gasteiger partial charge in [0.05, 0.1) is 0 Å². The summed E-state index contributed by atoms with van der Waals surface area (Å²) in [4.78, 5) is 11.1. The SMILES string of the molecule is CC1Cc2ccccc2N1c1ccnc(Nc2cccc(F)c2)n1. The van der Waals surface area contributed by atoms with Gasteiger partial charge < -0.3 is 10.2 Å². The fraction of sp³-hybridized carbons (Fsp3) is 0.158. The van der Waals surface area contributed by atoms with E-state index in [-0.39, 0.29) is 5.82 Å². The van der Waals surface area contributed by atoms with Crippen LogP contribution in [0.5, 0.6) is 0 Å². The van der Waals surface area contributed by atoms with E-state index in [0.717, 1.165) is 12.2 Å². The molecule has 1 aliphatic rings. The summed E-state index contributed by atoms with van der Waals surface area (Å²) in [5, 5.41) is 3.06. The van der Waals surface area contributed by atoms with Crippen LogP contribution in [-0.2, 0) is 6.42 Å². The molecule has 1 aliphatic heterocycles.